The van der Waals surface area contributed by atoms with Crippen molar-refractivity contribution in [2.24, 2.45) is 5.10 Å². The Morgan fingerprint density at radius 3 is 2.56 bits per heavy atom. The van der Waals surface area contributed by atoms with Crippen LogP contribution in [-0.2, 0) is 4.79 Å². The van der Waals surface area contributed by atoms with Crippen molar-refractivity contribution >= 4 is 29.0 Å². The number of hydrogen-bond donors (Lipinski definition) is 3. The van der Waals surface area contributed by atoms with Gasteiger partial charge in [-0.2, -0.15) is 5.10 Å². The predicted molar refractivity (Wildman–Crippen MR) is 66.5 cm³/mol. The van der Waals surface area contributed by atoms with Crippen LogP contribution in [0.15, 0.2) is 5.10 Å². The second kappa shape index (κ2) is 6.42. The third-order valence-electron chi connectivity index (χ3n) is 2.58. The molecular formula is C10H17N3O2S. The summed E-state index contributed by atoms with van der Waals surface area (Å²) in [5, 5.41) is 15.8. The number of rotatable bonds is 3. The van der Waals surface area contributed by atoms with Crippen LogP contribution in [0, 0.1) is 0 Å². The highest BCUT2D eigenvalue weighted by atomic mass is 32.1. The Hall–Kier alpha value is -1.17. The monoisotopic (exact) mass is 243 g/mol. The molecule has 0 saturated heterocycles. The van der Waals surface area contributed by atoms with Gasteiger partial charge in [0.2, 0.25) is 0 Å². The fourth-order valence-corrected chi connectivity index (χ4v) is 1.86. The highest BCUT2D eigenvalue weighted by Gasteiger charge is 2.13. The van der Waals surface area contributed by atoms with Crippen molar-refractivity contribution in [3.63, 3.8) is 0 Å². The summed E-state index contributed by atoms with van der Waals surface area (Å²) in [5.74, 6) is -1.05. The van der Waals surface area contributed by atoms with Gasteiger partial charge in [0.05, 0.1) is 0 Å². The maximum atomic E-state index is 10.5. The predicted octanol–water partition coefficient (Wildman–Crippen LogP) is 1.24. The van der Waals surface area contributed by atoms with Crippen molar-refractivity contribution in [2.45, 2.75) is 45.1 Å². The summed E-state index contributed by atoms with van der Waals surface area (Å²) in [7, 11) is 0. The molecule has 1 aliphatic carbocycles. The zero-order chi connectivity index (χ0) is 12.0. The van der Waals surface area contributed by atoms with Gasteiger partial charge in [0.1, 0.15) is 5.71 Å². The van der Waals surface area contributed by atoms with Gasteiger partial charge in [-0.1, -0.05) is 19.3 Å². The lowest BCUT2D eigenvalue weighted by Crippen LogP contribution is -2.41. The van der Waals surface area contributed by atoms with E-state index in [4.69, 9.17) is 17.3 Å². The van der Waals surface area contributed by atoms with Gasteiger partial charge in [0.25, 0.3) is 0 Å². The number of aliphatic carboxylic acids is 1. The Labute approximate surface area is 100 Å². The molecular weight excluding hydrogens is 226 g/mol. The molecule has 1 aliphatic rings. The molecule has 0 atom stereocenters. The van der Waals surface area contributed by atoms with Crippen LogP contribution in [0.4, 0.5) is 0 Å². The Morgan fingerprint density at radius 1 is 1.38 bits per heavy atom. The zero-order valence-corrected chi connectivity index (χ0v) is 10.1. The topological polar surface area (TPSA) is 73.7 Å². The van der Waals surface area contributed by atoms with E-state index in [1.807, 2.05) is 0 Å². The molecule has 1 fully saturated rings. The minimum absolute atomic E-state index is 0.00667. The Morgan fingerprint density at radius 2 is 2.00 bits per heavy atom. The minimum Gasteiger partial charge on any atom is -0.477 e. The molecule has 0 aromatic rings. The van der Waals surface area contributed by atoms with Crippen LogP contribution >= 0.6 is 12.2 Å². The van der Waals surface area contributed by atoms with Crippen molar-refractivity contribution in [2.75, 3.05) is 0 Å². The van der Waals surface area contributed by atoms with Crippen LogP contribution < -0.4 is 10.7 Å². The minimum atomic E-state index is -1.05. The first-order valence-corrected chi connectivity index (χ1v) is 5.84. The molecule has 5 nitrogen and oxygen atoms in total. The standard InChI is InChI=1S/C10H17N3O2S/c1-7(9(14)15)12-13-10(16)11-8-5-3-2-4-6-8/h8H,2-6H2,1H3,(H,14,15)(H2,11,13,16)/b12-7+. The van der Waals surface area contributed by atoms with Crippen molar-refractivity contribution in [1.29, 1.82) is 0 Å². The second-order valence-electron chi connectivity index (χ2n) is 3.92. The number of carboxylic acid groups (broad SMARTS) is 1. The largest absolute Gasteiger partial charge is 0.477 e. The van der Waals surface area contributed by atoms with E-state index < -0.39 is 5.97 Å². The molecule has 0 heterocycles. The van der Waals surface area contributed by atoms with Gasteiger partial charge in [-0.25, -0.2) is 4.79 Å². The number of carbonyl (C=O) groups is 1. The molecule has 16 heavy (non-hydrogen) atoms. The van der Waals surface area contributed by atoms with Crippen LogP contribution in [-0.4, -0.2) is 27.9 Å². The molecule has 0 aliphatic heterocycles. The molecule has 90 valence electrons. The molecule has 0 unspecified atom stereocenters. The fourth-order valence-electron chi connectivity index (χ4n) is 1.65. The maximum absolute atomic E-state index is 10.5. The summed E-state index contributed by atoms with van der Waals surface area (Å²) < 4.78 is 0. The molecule has 0 radical (unpaired) electrons. The summed E-state index contributed by atoms with van der Waals surface area (Å²) in [5.41, 5.74) is 2.53. The average Bonchev–Trinajstić information content (AvgIpc) is 2.27. The molecule has 0 bridgehead atoms. The van der Waals surface area contributed by atoms with E-state index in [0.717, 1.165) is 12.8 Å². The van der Waals surface area contributed by atoms with E-state index in [1.54, 1.807) is 0 Å². The molecule has 0 aromatic carbocycles. The lowest BCUT2D eigenvalue weighted by molar-refractivity contribution is -0.129. The number of carboxylic acids is 1. The third kappa shape index (κ3) is 4.57. The van der Waals surface area contributed by atoms with Crippen LogP contribution in [0.25, 0.3) is 0 Å². The Kier molecular flexibility index (Phi) is 5.18. The van der Waals surface area contributed by atoms with Gasteiger partial charge in [-0.3, -0.25) is 5.43 Å². The summed E-state index contributed by atoms with van der Waals surface area (Å²) in [6.45, 7) is 1.42. The van der Waals surface area contributed by atoms with Gasteiger partial charge in [0, 0.05) is 6.04 Å². The SMILES string of the molecule is C/C(=N\NC(=S)NC1CCCCC1)C(=O)O. The number of hydrazone groups is 1. The van der Waals surface area contributed by atoms with E-state index >= 15 is 0 Å². The first-order chi connectivity index (χ1) is 7.59. The third-order valence-corrected chi connectivity index (χ3v) is 2.78. The van der Waals surface area contributed by atoms with Gasteiger partial charge in [0.15, 0.2) is 5.11 Å². The molecule has 0 aromatic heterocycles. The molecule has 1 saturated carbocycles. The van der Waals surface area contributed by atoms with E-state index in [0.29, 0.717) is 11.2 Å². The molecule has 0 spiro atoms. The number of nitrogens with one attached hydrogen (secondary N) is 2. The highest BCUT2D eigenvalue weighted by molar-refractivity contribution is 7.80. The lowest BCUT2D eigenvalue weighted by Gasteiger charge is -2.23. The van der Waals surface area contributed by atoms with Crippen LogP contribution in [0.5, 0.6) is 0 Å². The van der Waals surface area contributed by atoms with Gasteiger partial charge in [-0.05, 0) is 32.0 Å². The molecule has 1 rings (SSSR count). The number of nitrogens with zero attached hydrogens (tertiary/aromatic N) is 1. The summed E-state index contributed by atoms with van der Waals surface area (Å²) in [6.07, 6.45) is 5.96. The average molecular weight is 243 g/mol. The quantitative estimate of drug-likeness (QED) is 0.395. The highest BCUT2D eigenvalue weighted by Crippen LogP contribution is 2.17. The molecule has 0 amide bonds. The van der Waals surface area contributed by atoms with Gasteiger partial charge in [-0.15, -0.1) is 0 Å². The lowest BCUT2D eigenvalue weighted by atomic mass is 9.96. The van der Waals surface area contributed by atoms with Crippen molar-refractivity contribution in [1.82, 2.24) is 10.7 Å². The van der Waals surface area contributed by atoms with Crippen molar-refractivity contribution < 1.29 is 9.90 Å². The van der Waals surface area contributed by atoms with E-state index in [2.05, 4.69) is 15.8 Å². The van der Waals surface area contributed by atoms with Gasteiger partial charge >= 0.3 is 5.97 Å². The zero-order valence-electron chi connectivity index (χ0n) is 9.32. The number of hydrogen-bond acceptors (Lipinski definition) is 3. The summed E-state index contributed by atoms with van der Waals surface area (Å²) in [6, 6.07) is 0.397. The molecule has 6 heteroatoms. The van der Waals surface area contributed by atoms with E-state index in [9.17, 15) is 4.79 Å². The first kappa shape index (κ1) is 12.9. The van der Waals surface area contributed by atoms with Crippen molar-refractivity contribution in [3.8, 4) is 0 Å². The number of thiocarbonyl (C=S) groups is 1. The summed E-state index contributed by atoms with van der Waals surface area (Å²) in [4.78, 5) is 10.5. The Bertz CT molecular complexity index is 298. The van der Waals surface area contributed by atoms with E-state index in [1.165, 1.54) is 26.2 Å². The van der Waals surface area contributed by atoms with E-state index in [-0.39, 0.29) is 5.71 Å². The fraction of sp³-hybridized carbons (Fsp3) is 0.700. The molecule has 3 N–H and O–H groups in total. The van der Waals surface area contributed by atoms with Crippen LogP contribution in [0.3, 0.4) is 0 Å². The van der Waals surface area contributed by atoms with Crippen LogP contribution in [0.1, 0.15) is 39.0 Å². The second-order valence-corrected chi connectivity index (χ2v) is 4.33. The first-order valence-electron chi connectivity index (χ1n) is 5.43. The van der Waals surface area contributed by atoms with Crippen LogP contribution in [0.2, 0.25) is 0 Å². The smallest absolute Gasteiger partial charge is 0.351 e. The maximum Gasteiger partial charge on any atom is 0.351 e. The van der Waals surface area contributed by atoms with Crippen molar-refractivity contribution in [3.05, 3.63) is 0 Å². The normalized spacial score (nSPS) is 17.9. The summed E-state index contributed by atoms with van der Waals surface area (Å²) >= 11 is 5.02. The van der Waals surface area contributed by atoms with Gasteiger partial charge < -0.3 is 10.4 Å². The Balaban J connectivity index is 2.30.